The fourth-order valence-corrected chi connectivity index (χ4v) is 3.69. The van der Waals surface area contributed by atoms with Crippen molar-refractivity contribution in [3.63, 3.8) is 0 Å². The molecule has 0 radical (unpaired) electrons. The lowest BCUT2D eigenvalue weighted by Crippen LogP contribution is -2.04. The van der Waals surface area contributed by atoms with E-state index in [1.165, 1.54) is 0 Å². The zero-order chi connectivity index (χ0) is 16.9. The van der Waals surface area contributed by atoms with E-state index in [2.05, 4.69) is 17.6 Å². The number of thioether (sulfide) groups is 1. The minimum Gasteiger partial charge on any atom is -0.497 e. The summed E-state index contributed by atoms with van der Waals surface area (Å²) in [4.78, 5) is 4.72. The van der Waals surface area contributed by atoms with Gasteiger partial charge in [0.1, 0.15) is 5.75 Å². The van der Waals surface area contributed by atoms with Crippen LogP contribution in [0.1, 0.15) is 25.0 Å². The number of aryl methyl sites for hydroxylation is 1. The second-order valence-corrected chi connectivity index (χ2v) is 6.62. The van der Waals surface area contributed by atoms with Crippen LogP contribution < -0.4 is 4.74 Å². The molecule has 0 unspecified atom stereocenters. The summed E-state index contributed by atoms with van der Waals surface area (Å²) in [6.45, 7) is 3.09. The van der Waals surface area contributed by atoms with Crippen LogP contribution in [-0.2, 0) is 6.54 Å². The molecule has 0 amide bonds. The van der Waals surface area contributed by atoms with Crippen LogP contribution in [0.15, 0.2) is 53.7 Å². The van der Waals surface area contributed by atoms with Crippen LogP contribution >= 0.6 is 11.8 Å². The molecule has 3 rings (SSSR count). The molecule has 126 valence electrons. The first-order chi connectivity index (χ1) is 11.7. The smallest absolute Gasteiger partial charge is 0.169 e. The Morgan fingerprint density at radius 3 is 2.62 bits per heavy atom. The van der Waals surface area contributed by atoms with E-state index in [9.17, 15) is 5.11 Å². The predicted octanol–water partition coefficient (Wildman–Crippen LogP) is 4.28. The van der Waals surface area contributed by atoms with Gasteiger partial charge in [-0.15, -0.1) is 0 Å². The van der Waals surface area contributed by atoms with Gasteiger partial charge < -0.3 is 14.4 Å². The number of fused-ring (bicyclic) bond motifs is 1. The minimum absolute atomic E-state index is 0.532. The molecule has 4 nitrogen and oxygen atoms in total. The number of para-hydroxylation sites is 2. The third kappa shape index (κ3) is 3.57. The third-order valence-corrected chi connectivity index (χ3v) is 4.99. The summed E-state index contributed by atoms with van der Waals surface area (Å²) in [7, 11) is 1.64. The number of benzene rings is 2. The van der Waals surface area contributed by atoms with Crippen molar-refractivity contribution in [2.45, 2.75) is 31.1 Å². The third-order valence-electron chi connectivity index (χ3n) is 3.94. The zero-order valence-electron chi connectivity index (χ0n) is 14.0. The minimum atomic E-state index is -0.532. The van der Waals surface area contributed by atoms with Gasteiger partial charge >= 0.3 is 0 Å². The number of ether oxygens (including phenoxy) is 1. The lowest BCUT2D eigenvalue weighted by molar-refractivity contribution is 0.204. The standard InChI is InChI=1S/C19H22N2O2S/c1-3-12-21-17-7-5-4-6-16(17)20-19(21)24-13-18(22)14-8-10-15(23-2)11-9-14/h4-11,18,22H,3,12-13H2,1-2H3/t18-/m0/s1. The van der Waals surface area contributed by atoms with E-state index in [0.717, 1.165) is 40.5 Å². The number of hydrogen-bond donors (Lipinski definition) is 1. The van der Waals surface area contributed by atoms with Crippen molar-refractivity contribution in [3.8, 4) is 5.75 Å². The van der Waals surface area contributed by atoms with Gasteiger partial charge in [-0.05, 0) is 36.2 Å². The molecule has 1 aromatic heterocycles. The summed E-state index contributed by atoms with van der Waals surface area (Å²) < 4.78 is 7.39. The molecule has 0 fully saturated rings. The first-order valence-corrected chi connectivity index (χ1v) is 9.11. The first-order valence-electron chi connectivity index (χ1n) is 8.13. The van der Waals surface area contributed by atoms with Gasteiger partial charge in [-0.3, -0.25) is 0 Å². The van der Waals surface area contributed by atoms with Gasteiger partial charge in [-0.1, -0.05) is 43.0 Å². The number of rotatable bonds is 7. The molecule has 0 spiro atoms. The van der Waals surface area contributed by atoms with Crippen LogP contribution in [0.25, 0.3) is 11.0 Å². The molecule has 0 saturated heterocycles. The van der Waals surface area contributed by atoms with E-state index in [-0.39, 0.29) is 0 Å². The number of methoxy groups -OCH3 is 1. The molecule has 1 heterocycles. The quantitative estimate of drug-likeness (QED) is 0.651. The van der Waals surface area contributed by atoms with E-state index < -0.39 is 6.10 Å². The van der Waals surface area contributed by atoms with Crippen molar-refractivity contribution in [2.75, 3.05) is 12.9 Å². The average Bonchev–Trinajstić information content (AvgIpc) is 2.98. The lowest BCUT2D eigenvalue weighted by Gasteiger charge is -2.12. The highest BCUT2D eigenvalue weighted by atomic mass is 32.2. The highest BCUT2D eigenvalue weighted by Crippen LogP contribution is 2.28. The molecule has 5 heteroatoms. The molecule has 24 heavy (non-hydrogen) atoms. The lowest BCUT2D eigenvalue weighted by atomic mass is 10.1. The summed E-state index contributed by atoms with van der Waals surface area (Å²) in [6.07, 6.45) is 0.519. The normalized spacial score (nSPS) is 12.5. The molecular formula is C19H22N2O2S. The topological polar surface area (TPSA) is 47.3 Å². The molecule has 0 bridgehead atoms. The Morgan fingerprint density at radius 1 is 1.17 bits per heavy atom. The van der Waals surface area contributed by atoms with Crippen LogP contribution in [0, 0.1) is 0 Å². The van der Waals surface area contributed by atoms with Gasteiger partial charge in [0, 0.05) is 12.3 Å². The maximum absolute atomic E-state index is 10.4. The maximum atomic E-state index is 10.4. The second-order valence-electron chi connectivity index (χ2n) is 5.63. The number of nitrogens with zero attached hydrogens (tertiary/aromatic N) is 2. The van der Waals surface area contributed by atoms with E-state index in [1.54, 1.807) is 18.9 Å². The second kappa shape index (κ2) is 7.73. The van der Waals surface area contributed by atoms with Crippen LogP contribution in [0.3, 0.4) is 0 Å². The molecule has 0 aliphatic carbocycles. The van der Waals surface area contributed by atoms with Crippen molar-refractivity contribution in [1.29, 1.82) is 0 Å². The van der Waals surface area contributed by atoms with E-state index in [1.807, 2.05) is 42.5 Å². The fourth-order valence-electron chi connectivity index (χ4n) is 2.68. The molecule has 0 aliphatic heterocycles. The number of aromatic nitrogens is 2. The van der Waals surface area contributed by atoms with Crippen molar-refractivity contribution in [3.05, 3.63) is 54.1 Å². The maximum Gasteiger partial charge on any atom is 0.169 e. The van der Waals surface area contributed by atoms with Gasteiger partial charge in [0.05, 0.1) is 24.2 Å². The number of hydrogen-bond acceptors (Lipinski definition) is 4. The highest BCUT2D eigenvalue weighted by Gasteiger charge is 2.14. The zero-order valence-corrected chi connectivity index (χ0v) is 14.8. The Morgan fingerprint density at radius 2 is 1.92 bits per heavy atom. The van der Waals surface area contributed by atoms with Crippen LogP contribution in [0.4, 0.5) is 0 Å². The Balaban J connectivity index is 1.75. The van der Waals surface area contributed by atoms with Gasteiger partial charge in [-0.2, -0.15) is 0 Å². The van der Waals surface area contributed by atoms with E-state index in [4.69, 9.17) is 9.72 Å². The molecule has 2 aromatic carbocycles. The predicted molar refractivity (Wildman–Crippen MR) is 98.7 cm³/mol. The van der Waals surface area contributed by atoms with Crippen molar-refractivity contribution < 1.29 is 9.84 Å². The van der Waals surface area contributed by atoms with Crippen molar-refractivity contribution in [1.82, 2.24) is 9.55 Å². The molecule has 1 N–H and O–H groups in total. The molecular weight excluding hydrogens is 320 g/mol. The fraction of sp³-hybridized carbons (Fsp3) is 0.316. The largest absolute Gasteiger partial charge is 0.497 e. The van der Waals surface area contributed by atoms with E-state index in [0.29, 0.717) is 5.75 Å². The molecule has 0 aliphatic rings. The van der Waals surface area contributed by atoms with Gasteiger partial charge in [0.2, 0.25) is 0 Å². The van der Waals surface area contributed by atoms with Gasteiger partial charge in [-0.25, -0.2) is 4.98 Å². The Bertz CT molecular complexity index is 799. The monoisotopic (exact) mass is 342 g/mol. The average molecular weight is 342 g/mol. The Kier molecular flexibility index (Phi) is 5.43. The van der Waals surface area contributed by atoms with Gasteiger partial charge in [0.15, 0.2) is 5.16 Å². The first kappa shape index (κ1) is 16.9. The summed E-state index contributed by atoms with van der Waals surface area (Å²) in [5.74, 6) is 1.36. The summed E-state index contributed by atoms with van der Waals surface area (Å²) in [6, 6.07) is 15.7. The van der Waals surface area contributed by atoms with E-state index >= 15 is 0 Å². The van der Waals surface area contributed by atoms with Crippen LogP contribution in [0.2, 0.25) is 0 Å². The number of imidazole rings is 1. The molecule has 3 aromatic rings. The van der Waals surface area contributed by atoms with Crippen LogP contribution in [0.5, 0.6) is 5.75 Å². The Hall–Kier alpha value is -1.98. The van der Waals surface area contributed by atoms with Crippen LogP contribution in [-0.4, -0.2) is 27.5 Å². The van der Waals surface area contributed by atoms with Crippen molar-refractivity contribution in [2.24, 2.45) is 0 Å². The SMILES string of the molecule is CCCn1c(SC[C@H](O)c2ccc(OC)cc2)nc2ccccc21. The number of aliphatic hydroxyl groups is 1. The summed E-state index contributed by atoms with van der Waals surface area (Å²) in [5.41, 5.74) is 3.05. The highest BCUT2D eigenvalue weighted by molar-refractivity contribution is 7.99. The van der Waals surface area contributed by atoms with Crippen molar-refractivity contribution >= 4 is 22.8 Å². The molecule has 0 saturated carbocycles. The number of aliphatic hydroxyl groups excluding tert-OH is 1. The Labute approximate surface area is 146 Å². The van der Waals surface area contributed by atoms with Gasteiger partial charge in [0.25, 0.3) is 0 Å². The summed E-state index contributed by atoms with van der Waals surface area (Å²) in [5, 5.41) is 11.4. The summed E-state index contributed by atoms with van der Waals surface area (Å²) >= 11 is 1.60. The molecule has 1 atom stereocenters.